The Bertz CT molecular complexity index is 1230. The molecule has 0 radical (unpaired) electrons. The lowest BCUT2D eigenvalue weighted by atomic mass is 10.2. The highest BCUT2D eigenvalue weighted by Gasteiger charge is 2.35. The van der Waals surface area contributed by atoms with Crippen LogP contribution in [0.4, 0.5) is 26.3 Å². The molecule has 0 N–H and O–H groups in total. The zero-order chi connectivity index (χ0) is 23.2. The van der Waals surface area contributed by atoms with Crippen LogP contribution in [-0.2, 0) is 29.2 Å². The lowest BCUT2D eigenvalue weighted by Crippen LogP contribution is -2.13. The normalized spacial score (nSPS) is 12.9. The lowest BCUT2D eigenvalue weighted by molar-refractivity contribution is -0.138. The molecule has 0 aliphatic heterocycles. The monoisotopic (exact) mass is 464 g/mol. The molecule has 0 unspecified atom stereocenters. The van der Waals surface area contributed by atoms with Gasteiger partial charge in [0.25, 0.3) is 0 Å². The van der Waals surface area contributed by atoms with Crippen molar-refractivity contribution in [1.82, 2.24) is 19.5 Å². The predicted octanol–water partition coefficient (Wildman–Crippen LogP) is 4.38. The highest BCUT2D eigenvalue weighted by Crippen LogP contribution is 2.35. The third-order valence-corrected chi connectivity index (χ3v) is 6.19. The van der Waals surface area contributed by atoms with E-state index in [1.807, 2.05) is 0 Å². The fourth-order valence-corrected chi connectivity index (χ4v) is 3.83. The number of pyridine rings is 2. The van der Waals surface area contributed by atoms with E-state index in [-0.39, 0.29) is 22.9 Å². The van der Waals surface area contributed by atoms with Gasteiger partial charge in [-0.1, -0.05) is 6.92 Å². The standard InChI is InChI=1S/C18H14F6N4O2S/c1-3-31(29,30)14-7-11(18(22,23)24)8-26-15(14)16-27-9-13(28(16)2)12-6-10(4-5-25-12)17(19,20)21/h4-9H,3H2,1-2H3. The Morgan fingerprint density at radius 1 is 0.935 bits per heavy atom. The fraction of sp³-hybridized carbons (Fsp3) is 0.278. The summed E-state index contributed by atoms with van der Waals surface area (Å²) in [6, 6.07) is 2.03. The number of hydrogen-bond donors (Lipinski definition) is 0. The van der Waals surface area contributed by atoms with Crippen LogP contribution in [0, 0.1) is 0 Å². The first kappa shape index (κ1) is 22.7. The van der Waals surface area contributed by atoms with Gasteiger partial charge in [0.15, 0.2) is 15.7 Å². The Hall–Kier alpha value is -2.96. The summed E-state index contributed by atoms with van der Waals surface area (Å²) in [4.78, 5) is 10.9. The van der Waals surface area contributed by atoms with E-state index < -0.39 is 44.0 Å². The Morgan fingerprint density at radius 3 is 2.16 bits per heavy atom. The van der Waals surface area contributed by atoms with E-state index in [0.29, 0.717) is 12.3 Å². The summed E-state index contributed by atoms with van der Waals surface area (Å²) in [5.74, 6) is -0.634. The molecule has 0 aromatic carbocycles. The number of nitrogens with zero attached hydrogens (tertiary/aromatic N) is 4. The van der Waals surface area contributed by atoms with Gasteiger partial charge in [0.1, 0.15) is 5.69 Å². The van der Waals surface area contributed by atoms with E-state index in [9.17, 15) is 34.8 Å². The summed E-state index contributed by atoms with van der Waals surface area (Å²) in [5.41, 5.74) is -2.58. The lowest BCUT2D eigenvalue weighted by Gasteiger charge is -2.13. The first-order valence-corrected chi connectivity index (χ1v) is 10.3. The predicted molar refractivity (Wildman–Crippen MR) is 97.4 cm³/mol. The van der Waals surface area contributed by atoms with Crippen LogP contribution in [0.1, 0.15) is 18.1 Å². The molecule has 6 nitrogen and oxygen atoms in total. The van der Waals surface area contributed by atoms with Gasteiger partial charge in [0.2, 0.25) is 0 Å². The number of sulfone groups is 1. The van der Waals surface area contributed by atoms with E-state index in [2.05, 4.69) is 15.0 Å². The van der Waals surface area contributed by atoms with Gasteiger partial charge in [-0.25, -0.2) is 13.4 Å². The van der Waals surface area contributed by atoms with Gasteiger partial charge < -0.3 is 4.57 Å². The zero-order valence-corrected chi connectivity index (χ0v) is 16.8. The molecule has 13 heteroatoms. The quantitative estimate of drug-likeness (QED) is 0.536. The van der Waals surface area contributed by atoms with Crippen molar-refractivity contribution < 1.29 is 34.8 Å². The minimum atomic E-state index is -4.82. The van der Waals surface area contributed by atoms with Crippen molar-refractivity contribution in [3.05, 3.63) is 47.9 Å². The van der Waals surface area contributed by atoms with Crippen LogP contribution in [0.2, 0.25) is 0 Å². The van der Waals surface area contributed by atoms with Gasteiger partial charge >= 0.3 is 12.4 Å². The molecular weight excluding hydrogens is 450 g/mol. The van der Waals surface area contributed by atoms with Crippen molar-refractivity contribution in [1.29, 1.82) is 0 Å². The van der Waals surface area contributed by atoms with Gasteiger partial charge in [0.05, 0.1) is 39.4 Å². The summed E-state index contributed by atoms with van der Waals surface area (Å²) in [6.07, 6.45) is -6.87. The van der Waals surface area contributed by atoms with Crippen LogP contribution in [0.15, 0.2) is 41.7 Å². The maximum Gasteiger partial charge on any atom is 0.417 e. The second-order valence-corrected chi connectivity index (χ2v) is 8.67. The number of aromatic nitrogens is 4. The van der Waals surface area contributed by atoms with Crippen molar-refractivity contribution in [2.45, 2.75) is 24.2 Å². The number of alkyl halides is 6. The van der Waals surface area contributed by atoms with E-state index in [1.54, 1.807) is 0 Å². The first-order chi connectivity index (χ1) is 14.3. The second kappa shape index (κ2) is 7.62. The van der Waals surface area contributed by atoms with Crippen LogP contribution >= 0.6 is 0 Å². The average molecular weight is 464 g/mol. The maximum absolute atomic E-state index is 13.1. The maximum atomic E-state index is 13.1. The molecule has 3 rings (SSSR count). The van der Waals surface area contributed by atoms with Crippen molar-refractivity contribution in [2.24, 2.45) is 7.05 Å². The van der Waals surface area contributed by atoms with Crippen molar-refractivity contribution in [2.75, 3.05) is 5.75 Å². The van der Waals surface area contributed by atoms with Gasteiger partial charge in [0, 0.05) is 19.4 Å². The third-order valence-electron chi connectivity index (χ3n) is 4.44. The van der Waals surface area contributed by atoms with Crippen LogP contribution in [0.25, 0.3) is 22.9 Å². The molecule has 0 fully saturated rings. The molecule has 0 saturated carbocycles. The summed E-state index contributed by atoms with van der Waals surface area (Å²) < 4.78 is 104. The Morgan fingerprint density at radius 2 is 1.58 bits per heavy atom. The molecule has 0 amide bonds. The molecular formula is C18H14F6N4O2S. The number of hydrogen-bond acceptors (Lipinski definition) is 5. The van der Waals surface area contributed by atoms with E-state index in [0.717, 1.165) is 24.5 Å². The topological polar surface area (TPSA) is 77.7 Å². The summed E-state index contributed by atoms with van der Waals surface area (Å²) in [5, 5.41) is 0. The van der Waals surface area contributed by atoms with Crippen molar-refractivity contribution in [3.8, 4) is 22.9 Å². The first-order valence-electron chi connectivity index (χ1n) is 8.61. The zero-order valence-electron chi connectivity index (χ0n) is 16.0. The van der Waals surface area contributed by atoms with Gasteiger partial charge in [-0.2, -0.15) is 26.3 Å². The molecule has 166 valence electrons. The molecule has 0 spiro atoms. The molecule has 0 saturated heterocycles. The molecule has 31 heavy (non-hydrogen) atoms. The molecule has 0 aliphatic carbocycles. The molecule has 3 aromatic rings. The van der Waals surface area contributed by atoms with Crippen molar-refractivity contribution >= 4 is 9.84 Å². The minimum Gasteiger partial charge on any atom is -0.325 e. The summed E-state index contributed by atoms with van der Waals surface area (Å²) in [7, 11) is -2.78. The highest BCUT2D eigenvalue weighted by molar-refractivity contribution is 7.91. The number of rotatable bonds is 4. The average Bonchev–Trinajstić information content (AvgIpc) is 3.07. The molecule has 0 atom stereocenters. The molecule has 3 aromatic heterocycles. The van der Waals surface area contributed by atoms with Gasteiger partial charge in [-0.15, -0.1) is 0 Å². The largest absolute Gasteiger partial charge is 0.417 e. The van der Waals surface area contributed by atoms with Gasteiger partial charge in [-0.05, 0) is 18.2 Å². The minimum absolute atomic E-state index is 0.0858. The molecule has 0 aliphatic rings. The highest BCUT2D eigenvalue weighted by atomic mass is 32.2. The van der Waals surface area contributed by atoms with Crippen LogP contribution in [0.3, 0.4) is 0 Å². The van der Waals surface area contributed by atoms with E-state index >= 15 is 0 Å². The van der Waals surface area contributed by atoms with Crippen LogP contribution < -0.4 is 0 Å². The third kappa shape index (κ3) is 4.40. The van der Waals surface area contributed by atoms with Crippen molar-refractivity contribution in [3.63, 3.8) is 0 Å². The summed E-state index contributed by atoms with van der Waals surface area (Å²) >= 11 is 0. The van der Waals surface area contributed by atoms with Crippen LogP contribution in [0.5, 0.6) is 0 Å². The second-order valence-electron chi connectivity index (χ2n) is 6.43. The number of halogens is 6. The fourth-order valence-electron chi connectivity index (χ4n) is 2.77. The molecule has 0 bridgehead atoms. The Kier molecular flexibility index (Phi) is 5.59. The summed E-state index contributed by atoms with van der Waals surface area (Å²) in [6.45, 7) is 1.26. The Balaban J connectivity index is 2.19. The van der Waals surface area contributed by atoms with Crippen LogP contribution in [-0.4, -0.2) is 33.7 Å². The molecule has 3 heterocycles. The van der Waals surface area contributed by atoms with E-state index in [1.165, 1.54) is 18.5 Å². The van der Waals surface area contributed by atoms with Gasteiger partial charge in [-0.3, -0.25) is 9.97 Å². The number of imidazole rings is 1. The smallest absolute Gasteiger partial charge is 0.325 e. The Labute approximate surface area is 172 Å². The van der Waals surface area contributed by atoms with E-state index in [4.69, 9.17) is 0 Å². The SMILES string of the molecule is CCS(=O)(=O)c1cc(C(F)(F)F)cnc1-c1ncc(-c2cc(C(F)(F)F)ccn2)n1C.